The number of carbonyl (C=O) groups excluding carboxylic acids is 1. The molecular formula is C12H13FO4. The van der Waals surface area contributed by atoms with Gasteiger partial charge in [-0.15, -0.1) is 0 Å². The molecule has 1 N–H and O–H groups in total. The van der Waals surface area contributed by atoms with Gasteiger partial charge in [-0.2, -0.15) is 0 Å². The second kappa shape index (κ2) is 5.43. The van der Waals surface area contributed by atoms with Gasteiger partial charge in [0.25, 0.3) is 0 Å². The fraction of sp³-hybridized carbons (Fsp3) is 0.333. The topological polar surface area (TPSA) is 63.6 Å². The first-order valence-electron chi connectivity index (χ1n) is 5.05. The molecule has 0 amide bonds. The number of carboxylic acid groups (broad SMARTS) is 1. The molecule has 5 heteroatoms. The number of hydrogen-bond acceptors (Lipinski definition) is 3. The van der Waals surface area contributed by atoms with Crippen LogP contribution in [0.1, 0.15) is 27.9 Å². The lowest BCUT2D eigenvalue weighted by Gasteiger charge is -2.08. The molecule has 0 heterocycles. The fourth-order valence-electron chi connectivity index (χ4n) is 1.48. The van der Waals surface area contributed by atoms with Gasteiger partial charge in [-0.05, 0) is 36.6 Å². The molecule has 0 radical (unpaired) electrons. The smallest absolute Gasteiger partial charge is 0.338 e. The Kier molecular flexibility index (Phi) is 4.20. The zero-order chi connectivity index (χ0) is 13.0. The number of methoxy groups -OCH3 is 1. The summed E-state index contributed by atoms with van der Waals surface area (Å²) in [6, 6.07) is 2.56. The molecular weight excluding hydrogens is 227 g/mol. The number of aliphatic carboxylic acids is 1. The number of carboxylic acids is 1. The van der Waals surface area contributed by atoms with E-state index >= 15 is 0 Å². The summed E-state index contributed by atoms with van der Waals surface area (Å²) in [7, 11) is 1.24. The van der Waals surface area contributed by atoms with E-state index in [9.17, 15) is 14.0 Å². The Bertz CT molecular complexity index is 454. The normalized spacial score (nSPS) is 10.1. The molecule has 0 spiro atoms. The van der Waals surface area contributed by atoms with E-state index in [4.69, 9.17) is 5.11 Å². The Morgan fingerprint density at radius 3 is 2.59 bits per heavy atom. The molecule has 0 fully saturated rings. The Labute approximate surface area is 98.0 Å². The average Bonchev–Trinajstić information content (AvgIpc) is 2.26. The Morgan fingerprint density at radius 1 is 1.41 bits per heavy atom. The van der Waals surface area contributed by atoms with E-state index in [-0.39, 0.29) is 24.0 Å². The third-order valence-corrected chi connectivity index (χ3v) is 2.41. The molecule has 0 unspecified atom stereocenters. The van der Waals surface area contributed by atoms with Crippen LogP contribution in [0.25, 0.3) is 0 Å². The molecule has 0 aliphatic carbocycles. The van der Waals surface area contributed by atoms with Crippen LogP contribution >= 0.6 is 0 Å². The van der Waals surface area contributed by atoms with Gasteiger partial charge in [0.05, 0.1) is 12.7 Å². The van der Waals surface area contributed by atoms with Crippen molar-refractivity contribution in [2.24, 2.45) is 0 Å². The van der Waals surface area contributed by atoms with Gasteiger partial charge in [-0.25, -0.2) is 9.18 Å². The Hall–Kier alpha value is -1.91. The molecule has 1 aromatic rings. The van der Waals surface area contributed by atoms with Crippen LogP contribution in [0.3, 0.4) is 0 Å². The standard InChI is InChI=1S/C12H13FO4/c1-7-5-10(13)8(3-4-11(14)15)6-9(7)12(16)17-2/h5-6H,3-4H2,1-2H3,(H,14,15). The van der Waals surface area contributed by atoms with E-state index in [2.05, 4.69) is 4.74 Å². The molecule has 0 atom stereocenters. The van der Waals surface area contributed by atoms with Gasteiger partial charge in [0, 0.05) is 6.42 Å². The van der Waals surface area contributed by atoms with Gasteiger partial charge in [-0.1, -0.05) is 0 Å². The lowest BCUT2D eigenvalue weighted by Crippen LogP contribution is -2.07. The van der Waals surface area contributed by atoms with Crippen LogP contribution in [-0.2, 0) is 16.0 Å². The number of ether oxygens (including phenoxy) is 1. The molecule has 0 aliphatic heterocycles. The van der Waals surface area contributed by atoms with E-state index in [0.717, 1.165) is 0 Å². The van der Waals surface area contributed by atoms with Gasteiger partial charge in [0.15, 0.2) is 0 Å². The van der Waals surface area contributed by atoms with Crippen molar-refractivity contribution in [2.75, 3.05) is 7.11 Å². The van der Waals surface area contributed by atoms with Gasteiger partial charge in [0.1, 0.15) is 5.82 Å². The summed E-state index contributed by atoms with van der Waals surface area (Å²) in [5, 5.41) is 8.53. The molecule has 0 aliphatic rings. The first kappa shape index (κ1) is 13.2. The summed E-state index contributed by atoms with van der Waals surface area (Å²) >= 11 is 0. The van der Waals surface area contributed by atoms with Crippen LogP contribution < -0.4 is 0 Å². The maximum absolute atomic E-state index is 13.5. The molecule has 0 saturated carbocycles. The minimum absolute atomic E-state index is 0.0471. The van der Waals surface area contributed by atoms with E-state index in [1.54, 1.807) is 6.92 Å². The van der Waals surface area contributed by atoms with Crippen molar-refractivity contribution in [3.8, 4) is 0 Å². The maximum atomic E-state index is 13.5. The van der Waals surface area contributed by atoms with Crippen molar-refractivity contribution >= 4 is 11.9 Å². The monoisotopic (exact) mass is 240 g/mol. The van der Waals surface area contributed by atoms with Crippen molar-refractivity contribution in [1.82, 2.24) is 0 Å². The van der Waals surface area contributed by atoms with Gasteiger partial charge < -0.3 is 9.84 Å². The summed E-state index contributed by atoms with van der Waals surface area (Å²) in [5.74, 6) is -2.07. The highest BCUT2D eigenvalue weighted by atomic mass is 19.1. The van der Waals surface area contributed by atoms with E-state index < -0.39 is 17.8 Å². The summed E-state index contributed by atoms with van der Waals surface area (Å²) in [6.45, 7) is 1.59. The summed E-state index contributed by atoms with van der Waals surface area (Å²) < 4.78 is 18.1. The van der Waals surface area contributed by atoms with Gasteiger partial charge in [-0.3, -0.25) is 4.79 Å². The number of aryl methyl sites for hydroxylation is 2. The second-order valence-electron chi connectivity index (χ2n) is 3.64. The first-order valence-corrected chi connectivity index (χ1v) is 5.05. The predicted octanol–water partition coefficient (Wildman–Crippen LogP) is 1.94. The quantitative estimate of drug-likeness (QED) is 0.817. The highest BCUT2D eigenvalue weighted by molar-refractivity contribution is 5.91. The van der Waals surface area contributed by atoms with Crippen molar-refractivity contribution in [3.05, 3.63) is 34.6 Å². The van der Waals surface area contributed by atoms with Crippen LogP contribution in [0.5, 0.6) is 0 Å². The molecule has 92 valence electrons. The maximum Gasteiger partial charge on any atom is 0.338 e. The number of rotatable bonds is 4. The number of hydrogen-bond donors (Lipinski definition) is 1. The van der Waals surface area contributed by atoms with Crippen molar-refractivity contribution in [1.29, 1.82) is 0 Å². The van der Waals surface area contributed by atoms with Gasteiger partial charge >= 0.3 is 11.9 Å². The third kappa shape index (κ3) is 3.27. The second-order valence-corrected chi connectivity index (χ2v) is 3.64. The molecule has 1 aromatic carbocycles. The zero-order valence-electron chi connectivity index (χ0n) is 9.62. The lowest BCUT2D eigenvalue weighted by molar-refractivity contribution is -0.136. The minimum atomic E-state index is -1.01. The average molecular weight is 240 g/mol. The van der Waals surface area contributed by atoms with E-state index in [0.29, 0.717) is 5.56 Å². The molecule has 17 heavy (non-hydrogen) atoms. The van der Waals surface area contributed by atoms with E-state index in [1.165, 1.54) is 19.2 Å². The van der Waals surface area contributed by atoms with Crippen LogP contribution in [-0.4, -0.2) is 24.2 Å². The Morgan fingerprint density at radius 2 is 2.06 bits per heavy atom. The van der Waals surface area contributed by atoms with Crippen LogP contribution in [0.2, 0.25) is 0 Å². The predicted molar refractivity (Wildman–Crippen MR) is 58.4 cm³/mol. The number of halogens is 1. The molecule has 0 aromatic heterocycles. The minimum Gasteiger partial charge on any atom is -0.481 e. The SMILES string of the molecule is COC(=O)c1cc(CCC(=O)O)c(F)cc1C. The van der Waals surface area contributed by atoms with Crippen molar-refractivity contribution in [2.45, 2.75) is 19.8 Å². The number of esters is 1. The van der Waals surface area contributed by atoms with Crippen molar-refractivity contribution in [3.63, 3.8) is 0 Å². The molecule has 4 nitrogen and oxygen atoms in total. The van der Waals surface area contributed by atoms with Crippen LogP contribution in [0.4, 0.5) is 4.39 Å². The highest BCUT2D eigenvalue weighted by Crippen LogP contribution is 2.17. The first-order chi connectivity index (χ1) is 7.95. The zero-order valence-corrected chi connectivity index (χ0v) is 9.62. The highest BCUT2D eigenvalue weighted by Gasteiger charge is 2.14. The Balaban J connectivity index is 3.05. The lowest BCUT2D eigenvalue weighted by atomic mass is 10.0. The number of benzene rings is 1. The largest absolute Gasteiger partial charge is 0.481 e. The summed E-state index contributed by atoms with van der Waals surface area (Å²) in [4.78, 5) is 21.8. The third-order valence-electron chi connectivity index (χ3n) is 2.41. The number of carbonyl (C=O) groups is 2. The van der Waals surface area contributed by atoms with E-state index in [1.807, 2.05) is 0 Å². The molecule has 0 saturated heterocycles. The fourth-order valence-corrected chi connectivity index (χ4v) is 1.48. The van der Waals surface area contributed by atoms with Gasteiger partial charge in [0.2, 0.25) is 0 Å². The van der Waals surface area contributed by atoms with Crippen LogP contribution in [0, 0.1) is 12.7 Å². The van der Waals surface area contributed by atoms with Crippen molar-refractivity contribution < 1.29 is 23.8 Å². The summed E-state index contributed by atoms with van der Waals surface area (Å²) in [6.07, 6.45) is -0.133. The summed E-state index contributed by atoms with van der Waals surface area (Å²) in [5.41, 5.74) is 0.932. The molecule has 0 bridgehead atoms. The van der Waals surface area contributed by atoms with Crippen LogP contribution in [0.15, 0.2) is 12.1 Å². The molecule has 1 rings (SSSR count).